The number of urea groups is 1. The molecule has 2 aliphatic heterocycles. The lowest BCUT2D eigenvalue weighted by molar-refractivity contribution is 0.194. The summed E-state index contributed by atoms with van der Waals surface area (Å²) in [6.07, 6.45) is 1.27. The molecule has 7 nitrogen and oxygen atoms in total. The summed E-state index contributed by atoms with van der Waals surface area (Å²) in [4.78, 5) is 18.9. The molecule has 2 aromatic heterocycles. The zero-order valence-corrected chi connectivity index (χ0v) is 9.35. The van der Waals surface area contributed by atoms with E-state index in [9.17, 15) is 4.79 Å². The van der Waals surface area contributed by atoms with Gasteiger partial charge in [0, 0.05) is 6.54 Å². The Morgan fingerprint density at radius 3 is 3.35 bits per heavy atom. The van der Waals surface area contributed by atoms with Crippen molar-refractivity contribution < 1.29 is 9.21 Å². The van der Waals surface area contributed by atoms with Crippen LogP contribution in [-0.2, 0) is 0 Å². The number of amides is 2. The van der Waals surface area contributed by atoms with Crippen LogP contribution in [0, 0.1) is 0 Å². The van der Waals surface area contributed by atoms with Crippen molar-refractivity contribution in [1.29, 1.82) is 0 Å². The van der Waals surface area contributed by atoms with E-state index in [-0.39, 0.29) is 18.1 Å². The Bertz CT molecular complexity index is 580. The summed E-state index contributed by atoms with van der Waals surface area (Å²) in [6, 6.07) is -0.412. The van der Waals surface area contributed by atoms with Gasteiger partial charge in [0.1, 0.15) is 0 Å². The van der Waals surface area contributed by atoms with Crippen LogP contribution >= 0.6 is 11.3 Å². The molecule has 17 heavy (non-hydrogen) atoms. The Labute approximate surface area is 99.5 Å². The van der Waals surface area contributed by atoms with Crippen molar-refractivity contribution in [3.63, 3.8) is 0 Å². The third-order valence-corrected chi connectivity index (χ3v) is 4.02. The number of nitrogens with zero attached hydrogens (tertiary/aromatic N) is 4. The first kappa shape index (κ1) is 9.11. The van der Waals surface area contributed by atoms with E-state index in [0.29, 0.717) is 12.4 Å². The fourth-order valence-corrected chi connectivity index (χ4v) is 3.22. The highest BCUT2D eigenvalue weighted by molar-refractivity contribution is 7.09. The maximum atomic E-state index is 11.8. The average molecular weight is 249 g/mol. The maximum Gasteiger partial charge on any atom is 0.319 e. The van der Waals surface area contributed by atoms with Crippen LogP contribution in [0.4, 0.5) is 4.79 Å². The topological polar surface area (TPSA) is 84.2 Å². The minimum atomic E-state index is -0.350. The highest BCUT2D eigenvalue weighted by atomic mass is 32.1. The van der Waals surface area contributed by atoms with Crippen molar-refractivity contribution in [1.82, 2.24) is 25.4 Å². The first-order valence-corrected chi connectivity index (χ1v) is 5.99. The number of fused-ring (bicyclic) bond motifs is 4. The summed E-state index contributed by atoms with van der Waals surface area (Å²) >= 11 is 1.55. The van der Waals surface area contributed by atoms with Gasteiger partial charge in [-0.25, -0.2) is 9.78 Å². The van der Waals surface area contributed by atoms with E-state index in [1.165, 1.54) is 6.39 Å². The van der Waals surface area contributed by atoms with E-state index in [4.69, 9.17) is 4.42 Å². The molecular formula is C9H7N5O2S. The van der Waals surface area contributed by atoms with Gasteiger partial charge in [-0.05, 0) is 0 Å². The second-order valence-electron chi connectivity index (χ2n) is 3.94. The van der Waals surface area contributed by atoms with Crippen molar-refractivity contribution in [2.24, 2.45) is 0 Å². The monoisotopic (exact) mass is 249 g/mol. The van der Waals surface area contributed by atoms with Gasteiger partial charge in [0.15, 0.2) is 6.04 Å². The van der Waals surface area contributed by atoms with Crippen LogP contribution in [0.5, 0.6) is 0 Å². The number of rotatable bonds is 1. The molecule has 1 N–H and O–H groups in total. The molecule has 1 fully saturated rings. The van der Waals surface area contributed by atoms with E-state index in [1.54, 1.807) is 21.7 Å². The summed E-state index contributed by atoms with van der Waals surface area (Å²) in [6.45, 7) is 0.626. The predicted molar refractivity (Wildman–Crippen MR) is 56.2 cm³/mol. The molecule has 8 heteroatoms. The van der Waals surface area contributed by atoms with Crippen molar-refractivity contribution in [3.05, 3.63) is 28.4 Å². The lowest BCUT2D eigenvalue weighted by Crippen LogP contribution is -2.34. The van der Waals surface area contributed by atoms with Gasteiger partial charge in [0.05, 0.1) is 22.1 Å². The van der Waals surface area contributed by atoms with Gasteiger partial charge in [-0.3, -0.25) is 0 Å². The Morgan fingerprint density at radius 2 is 2.53 bits per heavy atom. The van der Waals surface area contributed by atoms with Gasteiger partial charge in [-0.2, -0.15) is 0 Å². The van der Waals surface area contributed by atoms with E-state index in [0.717, 1.165) is 10.6 Å². The summed E-state index contributed by atoms with van der Waals surface area (Å²) in [5, 5.41) is 10.5. The zero-order valence-electron chi connectivity index (χ0n) is 8.53. The Balaban J connectivity index is 1.92. The van der Waals surface area contributed by atoms with Crippen LogP contribution in [0.25, 0.3) is 0 Å². The molecular weight excluding hydrogens is 242 g/mol. The molecule has 0 radical (unpaired) electrons. The lowest BCUT2D eigenvalue weighted by atomic mass is 10.0. The molecule has 2 aliphatic rings. The smallest absolute Gasteiger partial charge is 0.319 e. The highest BCUT2D eigenvalue weighted by Crippen LogP contribution is 2.42. The molecule has 1 saturated heterocycles. The summed E-state index contributed by atoms with van der Waals surface area (Å²) in [7, 11) is 0. The Hall–Kier alpha value is -1.96. The Morgan fingerprint density at radius 1 is 1.59 bits per heavy atom. The van der Waals surface area contributed by atoms with E-state index in [2.05, 4.69) is 20.5 Å². The van der Waals surface area contributed by atoms with Gasteiger partial charge >= 0.3 is 6.03 Å². The first-order chi connectivity index (χ1) is 8.34. The zero-order chi connectivity index (χ0) is 11.4. The van der Waals surface area contributed by atoms with E-state index in [1.807, 2.05) is 0 Å². The SMILES string of the molecule is O=C1N[C@H]2CN1[C@H](c1nnco1)c1ncsc12. The van der Waals surface area contributed by atoms with Gasteiger partial charge in [0.25, 0.3) is 0 Å². The minimum absolute atomic E-state index is 0.0455. The van der Waals surface area contributed by atoms with Gasteiger partial charge in [-0.15, -0.1) is 21.5 Å². The van der Waals surface area contributed by atoms with Gasteiger partial charge < -0.3 is 14.6 Å². The molecule has 2 bridgehead atoms. The van der Waals surface area contributed by atoms with Crippen molar-refractivity contribution >= 4 is 17.4 Å². The molecule has 2 aromatic rings. The van der Waals surface area contributed by atoms with E-state index >= 15 is 0 Å². The summed E-state index contributed by atoms with van der Waals surface area (Å²) in [5.74, 6) is 0.410. The molecule has 0 saturated carbocycles. The fraction of sp³-hybridized carbons (Fsp3) is 0.333. The third-order valence-electron chi connectivity index (χ3n) is 3.06. The molecule has 4 heterocycles. The molecule has 2 atom stereocenters. The molecule has 0 aromatic carbocycles. The van der Waals surface area contributed by atoms with Crippen LogP contribution in [0.1, 0.15) is 28.5 Å². The largest absolute Gasteiger partial charge is 0.425 e. The van der Waals surface area contributed by atoms with Crippen molar-refractivity contribution in [2.45, 2.75) is 12.1 Å². The second-order valence-corrected chi connectivity index (χ2v) is 4.82. The standard InChI is InChI=1S/C9H7N5O2S/c15-9-12-4-1-14(9)6(8-13-11-2-16-8)5-7(4)17-3-10-5/h2-4,6H,1H2,(H,12,15)/t4-,6-/m0/s1. The molecule has 4 rings (SSSR count). The van der Waals surface area contributed by atoms with Crippen molar-refractivity contribution in [3.8, 4) is 0 Å². The van der Waals surface area contributed by atoms with E-state index < -0.39 is 0 Å². The fourth-order valence-electron chi connectivity index (χ4n) is 2.36. The number of thiazole rings is 1. The normalized spacial score (nSPS) is 25.9. The average Bonchev–Trinajstić information content (AvgIpc) is 3.03. The lowest BCUT2D eigenvalue weighted by Gasteiger charge is -2.26. The second kappa shape index (κ2) is 3.04. The van der Waals surface area contributed by atoms with Crippen molar-refractivity contribution in [2.75, 3.05) is 6.54 Å². The molecule has 86 valence electrons. The van der Waals surface area contributed by atoms with Crippen LogP contribution in [0.3, 0.4) is 0 Å². The number of nitrogens with one attached hydrogen (secondary N) is 1. The van der Waals surface area contributed by atoms with Gasteiger partial charge in [-0.1, -0.05) is 0 Å². The van der Waals surface area contributed by atoms with Crippen LogP contribution in [0.15, 0.2) is 16.3 Å². The van der Waals surface area contributed by atoms with Crippen LogP contribution in [-0.4, -0.2) is 32.7 Å². The molecule has 2 amide bonds. The van der Waals surface area contributed by atoms with Crippen LogP contribution < -0.4 is 5.32 Å². The highest BCUT2D eigenvalue weighted by Gasteiger charge is 2.46. The number of hydrogen-bond acceptors (Lipinski definition) is 6. The predicted octanol–water partition coefficient (Wildman–Crippen LogP) is 0.695. The van der Waals surface area contributed by atoms with Gasteiger partial charge in [0.2, 0.25) is 12.3 Å². The molecule has 0 unspecified atom stereocenters. The third kappa shape index (κ3) is 1.10. The Kier molecular flexibility index (Phi) is 1.63. The number of carbonyl (C=O) groups excluding carboxylic acids is 1. The minimum Gasteiger partial charge on any atom is -0.425 e. The number of hydrogen-bond donors (Lipinski definition) is 1. The quantitative estimate of drug-likeness (QED) is 0.804. The van der Waals surface area contributed by atoms with Crippen LogP contribution in [0.2, 0.25) is 0 Å². The maximum absolute atomic E-state index is 11.8. The summed E-state index contributed by atoms with van der Waals surface area (Å²) in [5.41, 5.74) is 2.62. The molecule has 0 spiro atoms. The number of aromatic nitrogens is 3. The first-order valence-electron chi connectivity index (χ1n) is 5.11. The number of carbonyl (C=O) groups is 1. The summed E-state index contributed by atoms with van der Waals surface area (Å²) < 4.78 is 5.22. The molecule has 0 aliphatic carbocycles.